The normalized spacial score (nSPS) is 18.8. The van der Waals surface area contributed by atoms with Gasteiger partial charge in [-0.1, -0.05) is 27.7 Å². The molecule has 0 bridgehead atoms. The predicted octanol–water partition coefficient (Wildman–Crippen LogP) is -0.0742. The minimum Gasteiger partial charge on any atom is -0.481 e. The quantitative estimate of drug-likeness (QED) is 0.270. The van der Waals surface area contributed by atoms with Crippen molar-refractivity contribution in [2.45, 2.75) is 84.0 Å². The number of carboxylic acids is 2. The summed E-state index contributed by atoms with van der Waals surface area (Å²) < 4.78 is 0. The van der Waals surface area contributed by atoms with E-state index in [1.807, 2.05) is 13.8 Å². The molecule has 6 N–H and O–H groups in total. The molecule has 32 heavy (non-hydrogen) atoms. The van der Waals surface area contributed by atoms with E-state index in [2.05, 4.69) is 10.6 Å². The molecular weight excluding hydrogens is 420 g/mol. The van der Waals surface area contributed by atoms with Crippen LogP contribution in [0.15, 0.2) is 0 Å². The molecule has 1 rings (SSSR count). The first-order valence-electron chi connectivity index (χ1n) is 11.0. The zero-order valence-corrected chi connectivity index (χ0v) is 19.2. The lowest BCUT2D eigenvalue weighted by molar-refractivity contribution is -0.145. The Morgan fingerprint density at radius 1 is 1.06 bits per heavy atom. The fourth-order valence-electron chi connectivity index (χ4n) is 3.63. The number of carbonyl (C=O) groups is 5. The molecule has 0 aromatic heterocycles. The van der Waals surface area contributed by atoms with Gasteiger partial charge in [0.05, 0.1) is 6.04 Å². The summed E-state index contributed by atoms with van der Waals surface area (Å²) >= 11 is 0. The molecule has 182 valence electrons. The van der Waals surface area contributed by atoms with Gasteiger partial charge in [0.15, 0.2) is 0 Å². The summed E-state index contributed by atoms with van der Waals surface area (Å²) in [6, 6.07) is -3.90. The first-order valence-corrected chi connectivity index (χ1v) is 11.0. The molecule has 0 aromatic carbocycles. The summed E-state index contributed by atoms with van der Waals surface area (Å²) in [4.78, 5) is 61.9. The molecule has 3 amide bonds. The average Bonchev–Trinajstić information content (AvgIpc) is 3.18. The van der Waals surface area contributed by atoms with Crippen LogP contribution in [0.25, 0.3) is 0 Å². The van der Waals surface area contributed by atoms with E-state index in [-0.39, 0.29) is 31.1 Å². The van der Waals surface area contributed by atoms with E-state index < -0.39 is 53.8 Å². The van der Waals surface area contributed by atoms with Crippen LogP contribution >= 0.6 is 0 Å². The third kappa shape index (κ3) is 8.10. The van der Waals surface area contributed by atoms with Crippen LogP contribution in [0, 0.1) is 11.8 Å². The fourth-order valence-corrected chi connectivity index (χ4v) is 3.63. The van der Waals surface area contributed by atoms with Crippen LogP contribution in [-0.4, -0.2) is 75.5 Å². The molecule has 0 saturated carbocycles. The highest BCUT2D eigenvalue weighted by molar-refractivity contribution is 5.94. The second-order valence-electron chi connectivity index (χ2n) is 8.99. The van der Waals surface area contributed by atoms with Crippen molar-refractivity contribution >= 4 is 29.7 Å². The number of amides is 3. The molecule has 1 heterocycles. The molecule has 0 spiro atoms. The largest absolute Gasteiger partial charge is 0.481 e. The maximum atomic E-state index is 13.2. The van der Waals surface area contributed by atoms with Gasteiger partial charge in [0.1, 0.15) is 18.1 Å². The number of hydrogen-bond acceptors (Lipinski definition) is 6. The minimum absolute atomic E-state index is 0.0589. The van der Waals surface area contributed by atoms with E-state index in [1.165, 1.54) is 4.90 Å². The average molecular weight is 457 g/mol. The van der Waals surface area contributed by atoms with Gasteiger partial charge in [0, 0.05) is 13.0 Å². The lowest BCUT2D eigenvalue weighted by Gasteiger charge is -2.31. The van der Waals surface area contributed by atoms with E-state index in [0.29, 0.717) is 19.4 Å². The van der Waals surface area contributed by atoms with Crippen molar-refractivity contribution < 1.29 is 34.2 Å². The molecule has 1 aliphatic rings. The molecule has 0 radical (unpaired) electrons. The van der Waals surface area contributed by atoms with Crippen molar-refractivity contribution in [3.8, 4) is 0 Å². The van der Waals surface area contributed by atoms with Crippen molar-refractivity contribution in [1.82, 2.24) is 15.5 Å². The summed E-state index contributed by atoms with van der Waals surface area (Å²) in [6.07, 6.45) is 0.886. The zero-order chi connectivity index (χ0) is 24.6. The van der Waals surface area contributed by atoms with Crippen molar-refractivity contribution in [3.05, 3.63) is 0 Å². The summed E-state index contributed by atoms with van der Waals surface area (Å²) in [5.74, 6) is -4.08. The molecule has 11 heteroatoms. The Labute approximate surface area is 188 Å². The topological polar surface area (TPSA) is 179 Å². The lowest BCUT2D eigenvalue weighted by Crippen LogP contribution is -2.58. The van der Waals surface area contributed by atoms with Gasteiger partial charge in [-0.25, -0.2) is 4.79 Å². The molecule has 11 nitrogen and oxygen atoms in total. The van der Waals surface area contributed by atoms with Crippen molar-refractivity contribution in [2.24, 2.45) is 17.6 Å². The number of nitrogens with zero attached hydrogens (tertiary/aromatic N) is 1. The second kappa shape index (κ2) is 12.4. The van der Waals surface area contributed by atoms with Gasteiger partial charge in [-0.15, -0.1) is 0 Å². The van der Waals surface area contributed by atoms with Gasteiger partial charge in [-0.2, -0.15) is 0 Å². The van der Waals surface area contributed by atoms with Crippen LogP contribution in [0.3, 0.4) is 0 Å². The van der Waals surface area contributed by atoms with E-state index in [0.717, 1.165) is 0 Å². The van der Waals surface area contributed by atoms with Crippen LogP contribution in [-0.2, 0) is 24.0 Å². The number of rotatable bonds is 12. The Morgan fingerprint density at radius 3 is 2.19 bits per heavy atom. The fraction of sp³-hybridized carbons (Fsp3) is 0.762. The number of carboxylic acid groups (broad SMARTS) is 2. The third-order valence-corrected chi connectivity index (χ3v) is 5.40. The molecule has 1 saturated heterocycles. The third-order valence-electron chi connectivity index (χ3n) is 5.40. The Balaban J connectivity index is 2.89. The SMILES string of the molecule is CC(C)CC(NC(=O)C1CCCN1C(=O)C(NC(=O)C(N)CCC(=O)O)C(C)C)C(=O)O. The summed E-state index contributed by atoms with van der Waals surface area (Å²) in [7, 11) is 0. The van der Waals surface area contributed by atoms with Gasteiger partial charge in [0.25, 0.3) is 0 Å². The van der Waals surface area contributed by atoms with Gasteiger partial charge in [0.2, 0.25) is 17.7 Å². The number of aliphatic carboxylic acids is 2. The number of hydrogen-bond donors (Lipinski definition) is 5. The summed E-state index contributed by atoms with van der Waals surface area (Å²) in [6.45, 7) is 7.48. The van der Waals surface area contributed by atoms with Crippen LogP contribution in [0.1, 0.15) is 59.8 Å². The van der Waals surface area contributed by atoms with Gasteiger partial charge in [-0.3, -0.25) is 19.2 Å². The summed E-state index contributed by atoms with van der Waals surface area (Å²) in [5.41, 5.74) is 5.75. The van der Waals surface area contributed by atoms with Crippen LogP contribution < -0.4 is 16.4 Å². The standard InChI is InChI=1S/C21H36N4O7/c1-11(2)10-14(21(31)32)23-19(29)15-6-5-9-25(15)20(30)17(12(3)4)24-18(28)13(22)7-8-16(26)27/h11-15,17H,5-10,22H2,1-4H3,(H,23,29)(H,24,28)(H,26,27)(H,31,32). The highest BCUT2D eigenvalue weighted by atomic mass is 16.4. The Morgan fingerprint density at radius 2 is 1.69 bits per heavy atom. The maximum absolute atomic E-state index is 13.2. The number of likely N-dealkylation sites (tertiary alicyclic amines) is 1. The second-order valence-corrected chi connectivity index (χ2v) is 8.99. The number of carbonyl (C=O) groups excluding carboxylic acids is 3. The molecular formula is C21H36N4O7. The highest BCUT2D eigenvalue weighted by Crippen LogP contribution is 2.21. The van der Waals surface area contributed by atoms with E-state index in [4.69, 9.17) is 10.8 Å². The Kier molecular flexibility index (Phi) is 10.6. The van der Waals surface area contributed by atoms with Gasteiger partial charge in [-0.05, 0) is 37.5 Å². The Hall–Kier alpha value is -2.69. The highest BCUT2D eigenvalue weighted by Gasteiger charge is 2.40. The van der Waals surface area contributed by atoms with E-state index in [9.17, 15) is 29.1 Å². The van der Waals surface area contributed by atoms with Crippen LogP contribution in [0.5, 0.6) is 0 Å². The van der Waals surface area contributed by atoms with Crippen molar-refractivity contribution in [3.63, 3.8) is 0 Å². The lowest BCUT2D eigenvalue weighted by atomic mass is 10.0. The smallest absolute Gasteiger partial charge is 0.326 e. The number of nitrogens with two attached hydrogens (primary N) is 1. The monoisotopic (exact) mass is 456 g/mol. The van der Waals surface area contributed by atoms with E-state index in [1.54, 1.807) is 13.8 Å². The summed E-state index contributed by atoms with van der Waals surface area (Å²) in [5, 5.41) is 23.3. The molecule has 1 fully saturated rings. The molecule has 0 aliphatic carbocycles. The zero-order valence-electron chi connectivity index (χ0n) is 19.2. The van der Waals surface area contributed by atoms with Gasteiger partial charge >= 0.3 is 11.9 Å². The molecule has 1 aliphatic heterocycles. The van der Waals surface area contributed by atoms with Crippen LogP contribution in [0.2, 0.25) is 0 Å². The predicted molar refractivity (Wildman–Crippen MR) is 115 cm³/mol. The molecule has 4 atom stereocenters. The van der Waals surface area contributed by atoms with Crippen molar-refractivity contribution in [1.29, 1.82) is 0 Å². The molecule has 4 unspecified atom stereocenters. The first-order chi connectivity index (χ1) is 14.8. The first kappa shape index (κ1) is 27.3. The van der Waals surface area contributed by atoms with E-state index >= 15 is 0 Å². The Bertz CT molecular complexity index is 710. The molecule has 0 aromatic rings. The van der Waals surface area contributed by atoms with Crippen LogP contribution in [0.4, 0.5) is 0 Å². The van der Waals surface area contributed by atoms with Crippen molar-refractivity contribution in [2.75, 3.05) is 6.54 Å². The minimum atomic E-state index is -1.13. The number of nitrogens with one attached hydrogen (secondary N) is 2. The maximum Gasteiger partial charge on any atom is 0.326 e. The van der Waals surface area contributed by atoms with Gasteiger partial charge < -0.3 is 31.5 Å².